The molecule has 1 saturated carbocycles. The van der Waals surface area contributed by atoms with Crippen LogP contribution in [0.5, 0.6) is 0 Å². The number of anilines is 1. The third-order valence-electron chi connectivity index (χ3n) is 8.31. The Labute approximate surface area is 285 Å². The number of benzene rings is 4. The Bertz CT molecular complexity index is 1790. The molecule has 1 aliphatic rings. The lowest BCUT2D eigenvalue weighted by Crippen LogP contribution is -2.55. The predicted octanol–water partition coefficient (Wildman–Crippen LogP) is 7.42. The molecule has 11 heteroatoms. The van der Waals surface area contributed by atoms with E-state index in [-0.39, 0.29) is 51.1 Å². The van der Waals surface area contributed by atoms with Gasteiger partial charge in [-0.1, -0.05) is 109 Å². The normalized spacial score (nSPS) is 14.3. The average Bonchev–Trinajstić information content (AvgIpc) is 3.07. The summed E-state index contributed by atoms with van der Waals surface area (Å²) in [7, 11) is -4.34. The van der Waals surface area contributed by atoms with Gasteiger partial charge in [-0.3, -0.25) is 13.9 Å². The minimum absolute atomic E-state index is 0.0151. The number of nitrogens with zero attached hydrogens (tertiary/aromatic N) is 2. The zero-order valence-corrected chi connectivity index (χ0v) is 28.0. The first-order valence-corrected chi connectivity index (χ1v) is 17.7. The highest BCUT2D eigenvalue weighted by molar-refractivity contribution is 7.92. The second-order valence-electron chi connectivity index (χ2n) is 11.6. The predicted molar refractivity (Wildman–Crippen MR) is 183 cm³/mol. The first-order chi connectivity index (χ1) is 22.6. The van der Waals surface area contributed by atoms with Crippen LogP contribution in [0.25, 0.3) is 0 Å². The van der Waals surface area contributed by atoms with Crippen LogP contribution in [0.15, 0.2) is 108 Å². The molecule has 5 rings (SSSR count). The number of carbonyl (C=O) groups excluding carboxylic acids is 2. The zero-order valence-electron chi connectivity index (χ0n) is 25.7. The fourth-order valence-electron chi connectivity index (χ4n) is 5.82. The average molecular weight is 697 g/mol. The smallest absolute Gasteiger partial charge is 0.264 e. The van der Waals surface area contributed by atoms with Crippen LogP contribution < -0.4 is 9.62 Å². The molecule has 0 heterocycles. The van der Waals surface area contributed by atoms with E-state index in [9.17, 15) is 18.0 Å². The van der Waals surface area contributed by atoms with E-state index in [1.165, 1.54) is 41.3 Å². The van der Waals surface area contributed by atoms with Gasteiger partial charge in [-0.25, -0.2) is 12.8 Å². The van der Waals surface area contributed by atoms with Crippen LogP contribution in [0.4, 0.5) is 10.1 Å². The van der Waals surface area contributed by atoms with Gasteiger partial charge in [0.2, 0.25) is 11.8 Å². The number of hydrogen-bond donors (Lipinski definition) is 1. The number of hydrogen-bond acceptors (Lipinski definition) is 4. The molecule has 246 valence electrons. The van der Waals surface area contributed by atoms with Crippen molar-refractivity contribution >= 4 is 50.7 Å². The van der Waals surface area contributed by atoms with Crippen LogP contribution in [0.2, 0.25) is 10.0 Å². The van der Waals surface area contributed by atoms with Gasteiger partial charge in [0.05, 0.1) is 15.6 Å². The molecule has 2 amide bonds. The van der Waals surface area contributed by atoms with Gasteiger partial charge in [0, 0.05) is 29.6 Å². The Morgan fingerprint density at radius 1 is 0.851 bits per heavy atom. The topological polar surface area (TPSA) is 86.8 Å². The zero-order chi connectivity index (χ0) is 33.4. The fraction of sp³-hybridized carbons (Fsp3) is 0.278. The number of carbonyl (C=O) groups is 2. The van der Waals surface area contributed by atoms with Crippen molar-refractivity contribution in [3.63, 3.8) is 0 Å². The van der Waals surface area contributed by atoms with Crippen LogP contribution in [0, 0.1) is 5.82 Å². The van der Waals surface area contributed by atoms with E-state index in [4.69, 9.17) is 23.2 Å². The van der Waals surface area contributed by atoms with E-state index in [0.717, 1.165) is 42.0 Å². The van der Waals surface area contributed by atoms with Crippen LogP contribution in [-0.2, 0) is 32.6 Å². The molecule has 0 radical (unpaired) electrons. The maximum atomic E-state index is 15.1. The second-order valence-corrected chi connectivity index (χ2v) is 14.3. The van der Waals surface area contributed by atoms with E-state index >= 15 is 4.39 Å². The SMILES string of the molecule is O=C(NC1CCCCC1)[C@H](Cc1ccccc1)N(Cc1ccccc1F)C(=O)CN(c1ccc(Cl)cc1Cl)S(=O)(=O)c1ccccc1. The summed E-state index contributed by atoms with van der Waals surface area (Å²) in [5, 5.41) is 3.44. The molecule has 1 fully saturated rings. The monoisotopic (exact) mass is 695 g/mol. The van der Waals surface area contributed by atoms with Crippen molar-refractivity contribution in [2.24, 2.45) is 0 Å². The molecule has 7 nitrogen and oxygen atoms in total. The first-order valence-electron chi connectivity index (χ1n) is 15.5. The number of rotatable bonds is 12. The molecule has 0 aliphatic heterocycles. The molecule has 4 aromatic carbocycles. The second kappa shape index (κ2) is 15.8. The summed E-state index contributed by atoms with van der Waals surface area (Å²) in [6.45, 7) is -0.982. The molecule has 1 aliphatic carbocycles. The maximum absolute atomic E-state index is 15.1. The molecule has 4 aromatic rings. The summed E-state index contributed by atoms with van der Waals surface area (Å²) >= 11 is 12.7. The largest absolute Gasteiger partial charge is 0.352 e. The van der Waals surface area contributed by atoms with E-state index in [1.54, 1.807) is 36.4 Å². The van der Waals surface area contributed by atoms with E-state index in [0.29, 0.717) is 0 Å². The molecule has 0 spiro atoms. The quantitative estimate of drug-likeness (QED) is 0.167. The summed E-state index contributed by atoms with van der Waals surface area (Å²) in [4.78, 5) is 29.9. The van der Waals surface area contributed by atoms with Crippen molar-refractivity contribution < 1.29 is 22.4 Å². The molecular formula is C36H36Cl2FN3O4S. The highest BCUT2D eigenvalue weighted by Crippen LogP contribution is 2.33. The summed E-state index contributed by atoms with van der Waals surface area (Å²) in [6, 6.07) is 26.1. The molecule has 0 unspecified atom stereocenters. The van der Waals surface area contributed by atoms with Crippen molar-refractivity contribution in [2.45, 2.75) is 62.0 Å². The van der Waals surface area contributed by atoms with Crippen LogP contribution in [0.1, 0.15) is 43.2 Å². The maximum Gasteiger partial charge on any atom is 0.264 e. The fourth-order valence-corrected chi connectivity index (χ4v) is 7.84. The van der Waals surface area contributed by atoms with Crippen molar-refractivity contribution in [1.82, 2.24) is 10.2 Å². The lowest BCUT2D eigenvalue weighted by Gasteiger charge is -2.35. The lowest BCUT2D eigenvalue weighted by atomic mass is 9.94. The number of sulfonamides is 1. The summed E-state index contributed by atoms with van der Waals surface area (Å²) in [5.74, 6) is -1.64. The lowest BCUT2D eigenvalue weighted by molar-refractivity contribution is -0.140. The minimum Gasteiger partial charge on any atom is -0.352 e. The summed E-state index contributed by atoms with van der Waals surface area (Å²) in [5.41, 5.74) is 1.01. The molecular weight excluding hydrogens is 660 g/mol. The Hall–Kier alpha value is -3.92. The molecule has 1 N–H and O–H groups in total. The van der Waals surface area contributed by atoms with Gasteiger partial charge < -0.3 is 10.2 Å². The summed E-state index contributed by atoms with van der Waals surface area (Å²) in [6.07, 6.45) is 4.84. The van der Waals surface area contributed by atoms with Crippen LogP contribution >= 0.6 is 23.2 Å². The van der Waals surface area contributed by atoms with Gasteiger partial charge >= 0.3 is 0 Å². The Balaban J connectivity index is 1.58. The summed E-state index contributed by atoms with van der Waals surface area (Å²) < 4.78 is 44.3. The van der Waals surface area contributed by atoms with Crippen molar-refractivity contribution in [1.29, 1.82) is 0 Å². The highest BCUT2D eigenvalue weighted by atomic mass is 35.5. The molecule has 1 atom stereocenters. The Morgan fingerprint density at radius 3 is 2.15 bits per heavy atom. The van der Waals surface area contributed by atoms with Gasteiger partial charge in [-0.15, -0.1) is 0 Å². The number of amides is 2. The minimum atomic E-state index is -4.34. The molecule has 0 saturated heterocycles. The third-order valence-corrected chi connectivity index (χ3v) is 10.6. The van der Waals surface area contributed by atoms with Crippen molar-refractivity contribution in [2.75, 3.05) is 10.8 Å². The molecule has 47 heavy (non-hydrogen) atoms. The number of halogens is 3. The standard InChI is InChI=1S/C36H36Cl2FN3O4S/c37-28-20-21-33(31(38)23-28)42(47(45,46)30-17-8-3-9-18-30)25-35(43)41(24-27-14-10-11-19-32(27)39)34(22-26-12-4-1-5-13-26)36(44)40-29-15-6-2-7-16-29/h1,3-5,8-14,17-21,23,29,34H,2,6-7,15-16,22,24-25H2,(H,40,44)/t34-/m0/s1. The van der Waals surface area contributed by atoms with E-state index in [1.807, 2.05) is 30.3 Å². The van der Waals surface area contributed by atoms with Gasteiger partial charge in [-0.05, 0) is 54.8 Å². The van der Waals surface area contributed by atoms with Crippen LogP contribution in [-0.4, -0.2) is 43.8 Å². The van der Waals surface area contributed by atoms with Gasteiger partial charge in [0.1, 0.15) is 18.4 Å². The van der Waals surface area contributed by atoms with E-state index in [2.05, 4.69) is 5.32 Å². The molecule has 0 aromatic heterocycles. The van der Waals surface area contributed by atoms with Crippen molar-refractivity contribution in [3.8, 4) is 0 Å². The Morgan fingerprint density at radius 2 is 1.49 bits per heavy atom. The van der Waals surface area contributed by atoms with E-state index < -0.39 is 34.3 Å². The van der Waals surface area contributed by atoms with Crippen molar-refractivity contribution in [3.05, 3.63) is 130 Å². The third kappa shape index (κ3) is 8.71. The molecule has 0 bridgehead atoms. The first kappa shape index (κ1) is 34.4. The van der Waals surface area contributed by atoms with Gasteiger partial charge in [0.25, 0.3) is 10.0 Å². The van der Waals surface area contributed by atoms with Gasteiger partial charge in [-0.2, -0.15) is 0 Å². The Kier molecular flexibility index (Phi) is 11.6. The number of nitrogens with one attached hydrogen (secondary N) is 1. The van der Waals surface area contributed by atoms with Crippen LogP contribution in [0.3, 0.4) is 0 Å². The van der Waals surface area contributed by atoms with Gasteiger partial charge in [0.15, 0.2) is 0 Å². The highest BCUT2D eigenvalue weighted by Gasteiger charge is 2.36.